The Bertz CT molecular complexity index is 935. The highest BCUT2D eigenvalue weighted by Gasteiger charge is 2.27. The highest BCUT2D eigenvalue weighted by Crippen LogP contribution is 2.29. The number of ether oxygens (including phenoxy) is 1. The van der Waals surface area contributed by atoms with Crippen molar-refractivity contribution in [2.45, 2.75) is 4.90 Å². The molecule has 1 N–H and O–H groups in total. The molecule has 0 spiro atoms. The molecular weight excluding hydrogens is 423 g/mol. The summed E-state index contributed by atoms with van der Waals surface area (Å²) in [6.07, 6.45) is 0. The molecule has 0 saturated heterocycles. The minimum Gasteiger partial charge on any atom is -0.495 e. The van der Waals surface area contributed by atoms with Gasteiger partial charge in [0, 0.05) is 17.8 Å². The van der Waals surface area contributed by atoms with Crippen molar-refractivity contribution in [1.82, 2.24) is 4.31 Å². The number of anilines is 1. The number of halogens is 3. The number of nitrogens with zero attached hydrogens (tertiary/aromatic N) is 1. The zero-order chi connectivity index (χ0) is 19.5. The molecule has 0 aliphatic rings. The van der Waals surface area contributed by atoms with E-state index in [-0.39, 0.29) is 20.7 Å². The van der Waals surface area contributed by atoms with Crippen LogP contribution in [-0.4, -0.2) is 39.3 Å². The maximum atomic E-state index is 12.7. The van der Waals surface area contributed by atoms with Gasteiger partial charge in [0.05, 0.1) is 23.7 Å². The molecule has 0 fully saturated rings. The monoisotopic (exact) mass is 436 g/mol. The quantitative estimate of drug-likeness (QED) is 0.743. The standard InChI is InChI=1S/C16H15Cl3N2O4S/c1-21(9-16(22)20-11-4-5-12(18)13(19)8-11)26(23,24)15-7-10(17)3-6-14(15)25-2/h3-8H,9H2,1-2H3,(H,20,22). The number of methoxy groups -OCH3 is 1. The van der Waals surface area contributed by atoms with Crippen molar-refractivity contribution in [3.05, 3.63) is 51.5 Å². The van der Waals surface area contributed by atoms with Crippen LogP contribution in [0.1, 0.15) is 0 Å². The summed E-state index contributed by atoms with van der Waals surface area (Å²) in [4.78, 5) is 12.0. The number of amides is 1. The zero-order valence-corrected chi connectivity index (χ0v) is 16.9. The van der Waals surface area contributed by atoms with Gasteiger partial charge in [-0.15, -0.1) is 0 Å². The topological polar surface area (TPSA) is 75.7 Å². The summed E-state index contributed by atoms with van der Waals surface area (Å²) in [5.41, 5.74) is 0.399. The van der Waals surface area contributed by atoms with E-state index in [1.165, 1.54) is 44.5 Å². The van der Waals surface area contributed by atoms with Crippen molar-refractivity contribution in [2.24, 2.45) is 0 Å². The third-order valence-corrected chi connectivity index (χ3v) is 6.18. The summed E-state index contributed by atoms with van der Waals surface area (Å²) < 4.78 is 31.4. The lowest BCUT2D eigenvalue weighted by atomic mass is 10.3. The van der Waals surface area contributed by atoms with E-state index in [0.29, 0.717) is 10.7 Å². The molecule has 140 valence electrons. The van der Waals surface area contributed by atoms with Crippen LogP contribution in [0.5, 0.6) is 5.75 Å². The second-order valence-corrected chi connectivity index (χ2v) is 8.50. The number of hydrogen-bond acceptors (Lipinski definition) is 4. The molecule has 0 aliphatic carbocycles. The fourth-order valence-corrected chi connectivity index (χ4v) is 3.92. The molecule has 2 rings (SSSR count). The first-order valence-electron chi connectivity index (χ1n) is 7.20. The van der Waals surface area contributed by atoms with Gasteiger partial charge in [0.1, 0.15) is 10.6 Å². The number of carbonyl (C=O) groups excluding carboxylic acids is 1. The molecular formula is C16H15Cl3N2O4S. The molecule has 0 radical (unpaired) electrons. The predicted octanol–water partition coefficient (Wildman–Crippen LogP) is 3.91. The minimum atomic E-state index is -3.99. The second kappa shape index (κ2) is 8.45. The van der Waals surface area contributed by atoms with Crippen molar-refractivity contribution in [2.75, 3.05) is 26.0 Å². The maximum Gasteiger partial charge on any atom is 0.247 e. The Morgan fingerprint density at radius 1 is 1.12 bits per heavy atom. The van der Waals surface area contributed by atoms with Gasteiger partial charge < -0.3 is 10.1 Å². The van der Waals surface area contributed by atoms with Crippen LogP contribution < -0.4 is 10.1 Å². The molecule has 2 aromatic rings. The Labute approximate surface area is 166 Å². The summed E-state index contributed by atoms with van der Waals surface area (Å²) in [5, 5.41) is 3.41. The largest absolute Gasteiger partial charge is 0.495 e. The lowest BCUT2D eigenvalue weighted by molar-refractivity contribution is -0.116. The number of likely N-dealkylation sites (N-methyl/N-ethyl adjacent to an activating group) is 1. The minimum absolute atomic E-state index is 0.127. The highest BCUT2D eigenvalue weighted by molar-refractivity contribution is 7.89. The van der Waals surface area contributed by atoms with Gasteiger partial charge in [-0.2, -0.15) is 4.31 Å². The predicted molar refractivity (Wildman–Crippen MR) is 103 cm³/mol. The molecule has 0 aromatic heterocycles. The molecule has 0 aliphatic heterocycles. The van der Waals surface area contributed by atoms with Crippen LogP contribution >= 0.6 is 34.8 Å². The summed E-state index contributed by atoms with van der Waals surface area (Å²) in [7, 11) is -1.36. The van der Waals surface area contributed by atoms with E-state index in [1.807, 2.05) is 0 Å². The summed E-state index contributed by atoms with van der Waals surface area (Å²) >= 11 is 17.6. The SMILES string of the molecule is COc1ccc(Cl)cc1S(=O)(=O)N(C)CC(=O)Nc1ccc(Cl)c(Cl)c1. The Morgan fingerprint density at radius 2 is 1.81 bits per heavy atom. The first kappa shape index (κ1) is 20.8. The third kappa shape index (κ3) is 4.81. The molecule has 2 aromatic carbocycles. The van der Waals surface area contributed by atoms with Gasteiger partial charge in [0.2, 0.25) is 15.9 Å². The van der Waals surface area contributed by atoms with Crippen molar-refractivity contribution in [3.63, 3.8) is 0 Å². The van der Waals surface area contributed by atoms with Crippen LogP contribution in [0.3, 0.4) is 0 Å². The second-order valence-electron chi connectivity index (χ2n) is 5.23. The van der Waals surface area contributed by atoms with Crippen LogP contribution in [0, 0.1) is 0 Å². The van der Waals surface area contributed by atoms with Gasteiger partial charge in [-0.05, 0) is 36.4 Å². The lowest BCUT2D eigenvalue weighted by Gasteiger charge is -2.18. The molecule has 0 bridgehead atoms. The third-order valence-electron chi connectivity index (χ3n) is 3.38. The fourth-order valence-electron chi connectivity index (χ4n) is 2.08. The molecule has 0 unspecified atom stereocenters. The number of benzene rings is 2. The Kier molecular flexibility index (Phi) is 6.76. The number of hydrogen-bond donors (Lipinski definition) is 1. The van der Waals surface area contributed by atoms with E-state index in [4.69, 9.17) is 39.5 Å². The first-order chi connectivity index (χ1) is 12.1. The zero-order valence-electron chi connectivity index (χ0n) is 13.8. The molecule has 6 nitrogen and oxygen atoms in total. The van der Waals surface area contributed by atoms with Crippen molar-refractivity contribution in [3.8, 4) is 5.75 Å². The molecule has 10 heteroatoms. The average molecular weight is 438 g/mol. The van der Waals surface area contributed by atoms with Gasteiger partial charge in [-0.25, -0.2) is 8.42 Å². The number of sulfonamides is 1. The number of carbonyl (C=O) groups is 1. The van der Waals surface area contributed by atoms with Crippen molar-refractivity contribution in [1.29, 1.82) is 0 Å². The van der Waals surface area contributed by atoms with Crippen LogP contribution in [0.4, 0.5) is 5.69 Å². The Hall–Kier alpha value is -1.51. The van der Waals surface area contributed by atoms with E-state index in [2.05, 4.69) is 5.32 Å². The summed E-state index contributed by atoms with van der Waals surface area (Å²) in [6.45, 7) is -0.418. The Morgan fingerprint density at radius 3 is 2.42 bits per heavy atom. The summed E-state index contributed by atoms with van der Waals surface area (Å²) in [5.74, 6) is -0.415. The average Bonchev–Trinajstić information content (AvgIpc) is 2.58. The van der Waals surface area contributed by atoms with Gasteiger partial charge in [0.15, 0.2) is 0 Å². The molecule has 0 saturated carbocycles. The van der Waals surface area contributed by atoms with E-state index in [9.17, 15) is 13.2 Å². The Balaban J connectivity index is 2.17. The molecule has 26 heavy (non-hydrogen) atoms. The van der Waals surface area contributed by atoms with Crippen LogP contribution in [-0.2, 0) is 14.8 Å². The van der Waals surface area contributed by atoms with Crippen LogP contribution in [0.2, 0.25) is 15.1 Å². The van der Waals surface area contributed by atoms with E-state index < -0.39 is 22.5 Å². The molecule has 1 amide bonds. The highest BCUT2D eigenvalue weighted by atomic mass is 35.5. The maximum absolute atomic E-state index is 12.7. The van der Waals surface area contributed by atoms with Gasteiger partial charge in [0.25, 0.3) is 0 Å². The lowest BCUT2D eigenvalue weighted by Crippen LogP contribution is -2.35. The fraction of sp³-hybridized carbons (Fsp3) is 0.188. The van der Waals surface area contributed by atoms with E-state index >= 15 is 0 Å². The smallest absolute Gasteiger partial charge is 0.247 e. The first-order valence-corrected chi connectivity index (χ1v) is 9.77. The normalized spacial score (nSPS) is 11.5. The van der Waals surface area contributed by atoms with Gasteiger partial charge >= 0.3 is 0 Å². The van der Waals surface area contributed by atoms with E-state index in [0.717, 1.165) is 4.31 Å². The number of rotatable bonds is 6. The van der Waals surface area contributed by atoms with Crippen LogP contribution in [0.15, 0.2) is 41.3 Å². The summed E-state index contributed by atoms with van der Waals surface area (Å²) in [6, 6.07) is 8.77. The van der Waals surface area contributed by atoms with E-state index in [1.54, 1.807) is 6.07 Å². The number of nitrogens with one attached hydrogen (secondary N) is 1. The van der Waals surface area contributed by atoms with Crippen molar-refractivity contribution >= 4 is 56.4 Å². The molecule has 0 atom stereocenters. The van der Waals surface area contributed by atoms with Crippen molar-refractivity contribution < 1.29 is 17.9 Å². The molecule has 0 heterocycles. The van der Waals surface area contributed by atoms with Gasteiger partial charge in [-0.3, -0.25) is 4.79 Å². The van der Waals surface area contributed by atoms with Crippen LogP contribution in [0.25, 0.3) is 0 Å². The van der Waals surface area contributed by atoms with Gasteiger partial charge in [-0.1, -0.05) is 34.8 Å².